The lowest BCUT2D eigenvalue weighted by Crippen LogP contribution is -2.39. The second-order valence-electron chi connectivity index (χ2n) is 5.54. The molecule has 2 aliphatic carbocycles. The Bertz CT molecular complexity index is 396. The first kappa shape index (κ1) is 12.2. The molecule has 5 atom stereocenters. The van der Waals surface area contributed by atoms with Gasteiger partial charge in [0.05, 0.1) is 12.1 Å². The van der Waals surface area contributed by atoms with Crippen LogP contribution in [0.4, 0.5) is 0 Å². The summed E-state index contributed by atoms with van der Waals surface area (Å²) in [7, 11) is 0. The molecule has 0 spiro atoms. The van der Waals surface area contributed by atoms with E-state index in [9.17, 15) is 9.59 Å². The van der Waals surface area contributed by atoms with Crippen molar-refractivity contribution in [3.63, 3.8) is 0 Å². The van der Waals surface area contributed by atoms with Crippen molar-refractivity contribution >= 4 is 12.2 Å². The molecule has 0 aromatic heterocycles. The Labute approximate surface area is 101 Å². The third-order valence-corrected chi connectivity index (χ3v) is 4.93. The van der Waals surface area contributed by atoms with Crippen molar-refractivity contribution in [3.05, 3.63) is 0 Å². The first-order valence-electron chi connectivity index (χ1n) is 6.28. The van der Waals surface area contributed by atoms with Crippen molar-refractivity contribution in [2.24, 2.45) is 27.2 Å². The number of isocyanates is 2. The zero-order valence-electron chi connectivity index (χ0n) is 10.3. The summed E-state index contributed by atoms with van der Waals surface area (Å²) in [5.74, 6) is 1.07. The molecule has 0 aromatic rings. The van der Waals surface area contributed by atoms with Crippen molar-refractivity contribution < 1.29 is 9.59 Å². The molecule has 4 heteroatoms. The second kappa shape index (κ2) is 4.56. The Morgan fingerprint density at radius 3 is 2.53 bits per heavy atom. The normalized spacial score (nSPS) is 38.0. The van der Waals surface area contributed by atoms with Gasteiger partial charge in [-0.2, -0.15) is 0 Å². The monoisotopic (exact) mass is 234 g/mol. The highest BCUT2D eigenvalue weighted by Gasteiger charge is 2.56. The summed E-state index contributed by atoms with van der Waals surface area (Å²) in [6, 6.07) is -0.0242. The van der Waals surface area contributed by atoms with Crippen LogP contribution in [0.3, 0.4) is 0 Å². The average molecular weight is 234 g/mol. The van der Waals surface area contributed by atoms with Crippen LogP contribution in [0, 0.1) is 17.3 Å². The molecule has 0 aliphatic heterocycles. The second-order valence-corrected chi connectivity index (χ2v) is 5.54. The highest BCUT2D eigenvalue weighted by molar-refractivity contribution is 5.35. The van der Waals surface area contributed by atoms with Crippen molar-refractivity contribution in [1.29, 1.82) is 0 Å². The van der Waals surface area contributed by atoms with Crippen LogP contribution in [0.25, 0.3) is 0 Å². The van der Waals surface area contributed by atoms with E-state index in [1.54, 1.807) is 12.2 Å². The summed E-state index contributed by atoms with van der Waals surface area (Å²) < 4.78 is 0. The molecule has 4 nitrogen and oxygen atoms in total. The van der Waals surface area contributed by atoms with Gasteiger partial charge in [0, 0.05) is 0 Å². The van der Waals surface area contributed by atoms with Gasteiger partial charge in [-0.1, -0.05) is 0 Å². The average Bonchev–Trinajstić information content (AvgIpc) is 2.88. The third-order valence-electron chi connectivity index (χ3n) is 4.93. The maximum Gasteiger partial charge on any atom is 0.235 e. The molecule has 2 saturated carbocycles. The van der Waals surface area contributed by atoms with Gasteiger partial charge in [-0.25, -0.2) is 19.6 Å². The predicted molar refractivity (Wildman–Crippen MR) is 63.0 cm³/mol. The van der Waals surface area contributed by atoms with Crippen LogP contribution in [0.2, 0.25) is 0 Å². The van der Waals surface area contributed by atoms with Crippen molar-refractivity contribution in [3.8, 4) is 0 Å². The van der Waals surface area contributed by atoms with Crippen molar-refractivity contribution in [1.82, 2.24) is 0 Å². The topological polar surface area (TPSA) is 58.9 Å². The van der Waals surface area contributed by atoms with E-state index in [4.69, 9.17) is 0 Å². The first-order valence-corrected chi connectivity index (χ1v) is 6.28. The van der Waals surface area contributed by atoms with Gasteiger partial charge >= 0.3 is 0 Å². The summed E-state index contributed by atoms with van der Waals surface area (Å²) >= 11 is 0. The lowest BCUT2D eigenvalue weighted by Gasteiger charge is -2.39. The van der Waals surface area contributed by atoms with Crippen molar-refractivity contribution in [2.45, 2.75) is 51.6 Å². The van der Waals surface area contributed by atoms with Gasteiger partial charge in [-0.3, -0.25) is 0 Å². The predicted octanol–water partition coefficient (Wildman–Crippen LogP) is 2.24. The highest BCUT2D eigenvalue weighted by Crippen LogP contribution is 2.61. The fourth-order valence-corrected chi connectivity index (χ4v) is 4.09. The fourth-order valence-electron chi connectivity index (χ4n) is 4.09. The van der Waals surface area contributed by atoms with Gasteiger partial charge in [-0.05, 0) is 56.8 Å². The maximum absolute atomic E-state index is 10.5. The lowest BCUT2D eigenvalue weighted by molar-refractivity contribution is 0.132. The molecule has 2 rings (SSSR count). The summed E-state index contributed by atoms with van der Waals surface area (Å²) in [6.45, 7) is 3.96. The molecule has 2 fully saturated rings. The van der Waals surface area contributed by atoms with Crippen LogP contribution in [-0.2, 0) is 9.59 Å². The molecule has 0 radical (unpaired) electrons. The number of rotatable bonds is 4. The fraction of sp³-hybridized carbons (Fsp3) is 0.846. The van der Waals surface area contributed by atoms with E-state index in [1.807, 2.05) is 13.8 Å². The summed E-state index contributed by atoms with van der Waals surface area (Å²) in [5.41, 5.74) is 0.0574. The Morgan fingerprint density at radius 1 is 1.24 bits per heavy atom. The van der Waals surface area contributed by atoms with E-state index in [0.29, 0.717) is 11.8 Å². The molecule has 5 unspecified atom stereocenters. The Hall–Kier alpha value is -1.24. The molecule has 0 saturated heterocycles. The van der Waals surface area contributed by atoms with E-state index in [0.717, 1.165) is 19.3 Å². The van der Waals surface area contributed by atoms with Gasteiger partial charge in [0.25, 0.3) is 0 Å². The molecule has 0 aromatic carbocycles. The zero-order valence-corrected chi connectivity index (χ0v) is 10.3. The Balaban J connectivity index is 2.28. The number of fused-ring (bicyclic) bond motifs is 2. The van der Waals surface area contributed by atoms with Crippen LogP contribution < -0.4 is 0 Å². The molecule has 0 amide bonds. The van der Waals surface area contributed by atoms with E-state index in [2.05, 4.69) is 9.98 Å². The summed E-state index contributed by atoms with van der Waals surface area (Å²) in [6.07, 6.45) is 7.86. The SMILES string of the molecule is CC(N=C=O)C1CC2CCC1(C(C)N=C=O)C2. The van der Waals surface area contributed by atoms with E-state index in [-0.39, 0.29) is 17.5 Å². The lowest BCUT2D eigenvalue weighted by atomic mass is 9.68. The third kappa shape index (κ3) is 1.88. The van der Waals surface area contributed by atoms with Gasteiger partial charge < -0.3 is 0 Å². The first-order chi connectivity index (χ1) is 8.14. The smallest absolute Gasteiger partial charge is 0.211 e. The molecular weight excluding hydrogens is 216 g/mol. The van der Waals surface area contributed by atoms with E-state index < -0.39 is 0 Å². The van der Waals surface area contributed by atoms with E-state index >= 15 is 0 Å². The molecule has 0 heterocycles. The number of nitrogens with zero attached hydrogens (tertiary/aromatic N) is 2. The van der Waals surface area contributed by atoms with Crippen LogP contribution in [0.1, 0.15) is 39.5 Å². The Kier molecular flexibility index (Phi) is 3.28. The minimum Gasteiger partial charge on any atom is -0.211 e. The molecular formula is C13H18N2O2. The molecule has 0 N–H and O–H groups in total. The number of hydrogen-bond donors (Lipinski definition) is 0. The zero-order chi connectivity index (χ0) is 12.5. The molecule has 92 valence electrons. The largest absolute Gasteiger partial charge is 0.235 e. The van der Waals surface area contributed by atoms with Crippen LogP contribution in [-0.4, -0.2) is 24.2 Å². The minimum absolute atomic E-state index is 0.0119. The van der Waals surface area contributed by atoms with Gasteiger partial charge in [-0.15, -0.1) is 0 Å². The van der Waals surface area contributed by atoms with Crippen LogP contribution >= 0.6 is 0 Å². The molecule has 17 heavy (non-hydrogen) atoms. The molecule has 2 aliphatic rings. The number of hydrogen-bond acceptors (Lipinski definition) is 4. The van der Waals surface area contributed by atoms with Gasteiger partial charge in [0.1, 0.15) is 0 Å². The minimum atomic E-state index is -0.0122. The molecule has 2 bridgehead atoms. The summed E-state index contributed by atoms with van der Waals surface area (Å²) in [5, 5.41) is 0. The quantitative estimate of drug-likeness (QED) is 0.553. The number of aliphatic imine (C=N–C) groups is 2. The highest BCUT2D eigenvalue weighted by atomic mass is 16.1. The standard InChI is InChI=1S/C13H18N2O2/c1-9(14-7-16)12-5-11-3-4-13(12,6-11)10(2)15-8-17/h9-12H,3-6H2,1-2H3. The van der Waals surface area contributed by atoms with Crippen molar-refractivity contribution in [2.75, 3.05) is 0 Å². The Morgan fingerprint density at radius 2 is 1.94 bits per heavy atom. The van der Waals surface area contributed by atoms with Gasteiger partial charge in [0.2, 0.25) is 12.2 Å². The number of carbonyl (C=O) groups excluding carboxylic acids is 2. The van der Waals surface area contributed by atoms with Gasteiger partial charge in [0.15, 0.2) is 0 Å². The van der Waals surface area contributed by atoms with Crippen LogP contribution in [0.15, 0.2) is 9.98 Å². The van der Waals surface area contributed by atoms with Crippen LogP contribution in [0.5, 0.6) is 0 Å². The van der Waals surface area contributed by atoms with E-state index in [1.165, 1.54) is 6.42 Å². The summed E-state index contributed by atoms with van der Waals surface area (Å²) in [4.78, 5) is 28.7. The maximum atomic E-state index is 10.5.